The summed E-state index contributed by atoms with van der Waals surface area (Å²) < 4.78 is 27.2. The van der Waals surface area contributed by atoms with Crippen molar-refractivity contribution in [3.05, 3.63) is 71.3 Å². The molecular weight excluding hydrogens is 256 g/mol. The van der Waals surface area contributed by atoms with Gasteiger partial charge in [-0.05, 0) is 44.0 Å². The molecule has 0 bridgehead atoms. The fraction of sp³-hybridized carbons (Fsp3) is 0.294. The minimum absolute atomic E-state index is 0.118. The zero-order chi connectivity index (χ0) is 14.4. The molecule has 1 nitrogen and oxygen atoms in total. The molecule has 0 aliphatic rings. The maximum absolute atomic E-state index is 13.6. The third-order valence-corrected chi connectivity index (χ3v) is 3.37. The van der Waals surface area contributed by atoms with Gasteiger partial charge in [0.05, 0.1) is 0 Å². The van der Waals surface area contributed by atoms with Gasteiger partial charge in [-0.15, -0.1) is 0 Å². The Kier molecular flexibility index (Phi) is 5.24. The van der Waals surface area contributed by atoms with Crippen LogP contribution in [0.2, 0.25) is 0 Å². The summed E-state index contributed by atoms with van der Waals surface area (Å²) in [4.78, 5) is 0. The second-order valence-electron chi connectivity index (χ2n) is 4.90. The van der Waals surface area contributed by atoms with Crippen molar-refractivity contribution in [2.24, 2.45) is 0 Å². The van der Waals surface area contributed by atoms with Crippen LogP contribution >= 0.6 is 0 Å². The summed E-state index contributed by atoms with van der Waals surface area (Å²) in [5.41, 5.74) is 1.39. The number of nitrogens with one attached hydrogen (secondary N) is 1. The molecule has 1 unspecified atom stereocenters. The highest BCUT2D eigenvalue weighted by molar-refractivity contribution is 5.22. The first kappa shape index (κ1) is 14.7. The summed E-state index contributed by atoms with van der Waals surface area (Å²) >= 11 is 0. The molecule has 0 spiro atoms. The number of hydrogen-bond acceptors (Lipinski definition) is 1. The SMILES string of the molecule is CC(NCCCc1ccccc1)c1c(F)cccc1F. The van der Waals surface area contributed by atoms with Crippen molar-refractivity contribution in [3.8, 4) is 0 Å². The van der Waals surface area contributed by atoms with E-state index in [2.05, 4.69) is 17.4 Å². The Labute approximate surface area is 118 Å². The van der Waals surface area contributed by atoms with Gasteiger partial charge in [-0.2, -0.15) is 0 Å². The van der Waals surface area contributed by atoms with Gasteiger partial charge in [0, 0.05) is 11.6 Å². The number of benzene rings is 2. The number of aryl methyl sites for hydroxylation is 1. The van der Waals surface area contributed by atoms with Gasteiger partial charge in [-0.25, -0.2) is 8.78 Å². The van der Waals surface area contributed by atoms with Crippen LogP contribution in [0, 0.1) is 11.6 Å². The largest absolute Gasteiger partial charge is 0.310 e. The van der Waals surface area contributed by atoms with E-state index in [1.165, 1.54) is 23.8 Å². The van der Waals surface area contributed by atoms with E-state index in [0.717, 1.165) is 19.4 Å². The van der Waals surface area contributed by atoms with Crippen LogP contribution in [0.4, 0.5) is 8.78 Å². The predicted octanol–water partition coefficient (Wildman–Crippen LogP) is 4.25. The topological polar surface area (TPSA) is 12.0 Å². The molecule has 0 fully saturated rings. The van der Waals surface area contributed by atoms with Gasteiger partial charge in [0.1, 0.15) is 11.6 Å². The molecule has 0 aliphatic carbocycles. The average molecular weight is 275 g/mol. The normalized spacial score (nSPS) is 12.3. The van der Waals surface area contributed by atoms with E-state index in [4.69, 9.17) is 0 Å². The Morgan fingerprint density at radius 1 is 0.950 bits per heavy atom. The smallest absolute Gasteiger partial charge is 0.130 e. The van der Waals surface area contributed by atoms with E-state index in [1.54, 1.807) is 6.92 Å². The van der Waals surface area contributed by atoms with Gasteiger partial charge < -0.3 is 5.32 Å². The third-order valence-electron chi connectivity index (χ3n) is 3.37. The summed E-state index contributed by atoms with van der Waals surface area (Å²) in [5.74, 6) is -0.985. The van der Waals surface area contributed by atoms with Gasteiger partial charge in [0.25, 0.3) is 0 Å². The summed E-state index contributed by atoms with van der Waals surface area (Å²) in [6.07, 6.45) is 1.89. The number of halogens is 2. The Balaban J connectivity index is 1.82. The van der Waals surface area contributed by atoms with Gasteiger partial charge >= 0.3 is 0 Å². The van der Waals surface area contributed by atoms with Gasteiger partial charge in [0.2, 0.25) is 0 Å². The van der Waals surface area contributed by atoms with Crippen molar-refractivity contribution < 1.29 is 8.78 Å². The first-order valence-electron chi connectivity index (χ1n) is 6.89. The monoisotopic (exact) mass is 275 g/mol. The van der Waals surface area contributed by atoms with Crippen LogP contribution in [-0.2, 0) is 6.42 Å². The molecule has 0 aliphatic heterocycles. The zero-order valence-corrected chi connectivity index (χ0v) is 11.6. The summed E-state index contributed by atoms with van der Waals surface area (Å²) in [5, 5.41) is 3.17. The maximum Gasteiger partial charge on any atom is 0.130 e. The molecule has 0 aromatic heterocycles. The molecule has 0 heterocycles. The Morgan fingerprint density at radius 3 is 2.25 bits per heavy atom. The highest BCUT2D eigenvalue weighted by Crippen LogP contribution is 2.20. The van der Waals surface area contributed by atoms with E-state index < -0.39 is 11.6 Å². The molecule has 106 valence electrons. The summed E-state index contributed by atoms with van der Waals surface area (Å²) in [7, 11) is 0. The Morgan fingerprint density at radius 2 is 1.60 bits per heavy atom. The van der Waals surface area contributed by atoms with E-state index in [1.807, 2.05) is 18.2 Å². The molecule has 0 radical (unpaired) electrons. The molecule has 0 amide bonds. The van der Waals surface area contributed by atoms with Crippen LogP contribution in [0.5, 0.6) is 0 Å². The summed E-state index contributed by atoms with van der Waals surface area (Å²) in [6, 6.07) is 13.8. The van der Waals surface area contributed by atoms with Gasteiger partial charge in [-0.3, -0.25) is 0 Å². The van der Waals surface area contributed by atoms with Crippen LogP contribution in [0.3, 0.4) is 0 Å². The molecule has 0 saturated heterocycles. The zero-order valence-electron chi connectivity index (χ0n) is 11.6. The van der Waals surface area contributed by atoms with Crippen molar-refractivity contribution in [2.45, 2.75) is 25.8 Å². The molecule has 2 aromatic rings. The van der Waals surface area contributed by atoms with Crippen molar-refractivity contribution in [2.75, 3.05) is 6.54 Å². The highest BCUT2D eigenvalue weighted by Gasteiger charge is 2.14. The first-order chi connectivity index (χ1) is 9.68. The van der Waals surface area contributed by atoms with E-state index >= 15 is 0 Å². The lowest BCUT2D eigenvalue weighted by Crippen LogP contribution is -2.22. The van der Waals surface area contributed by atoms with Crippen molar-refractivity contribution in [3.63, 3.8) is 0 Å². The molecule has 3 heteroatoms. The van der Waals surface area contributed by atoms with Crippen LogP contribution in [0.1, 0.15) is 30.5 Å². The Bertz CT molecular complexity index is 520. The molecular formula is C17H19F2N. The lowest BCUT2D eigenvalue weighted by Gasteiger charge is -2.15. The van der Waals surface area contributed by atoms with Crippen molar-refractivity contribution in [1.29, 1.82) is 0 Å². The lowest BCUT2D eigenvalue weighted by molar-refractivity contribution is 0.484. The van der Waals surface area contributed by atoms with E-state index in [0.29, 0.717) is 0 Å². The molecule has 2 rings (SSSR count). The molecule has 20 heavy (non-hydrogen) atoms. The number of rotatable bonds is 6. The van der Waals surface area contributed by atoms with Gasteiger partial charge in [-0.1, -0.05) is 36.4 Å². The quantitative estimate of drug-likeness (QED) is 0.777. The highest BCUT2D eigenvalue weighted by atomic mass is 19.1. The summed E-state index contributed by atoms with van der Waals surface area (Å²) in [6.45, 7) is 2.51. The van der Waals surface area contributed by atoms with Crippen LogP contribution in [-0.4, -0.2) is 6.54 Å². The van der Waals surface area contributed by atoms with E-state index in [9.17, 15) is 8.78 Å². The minimum Gasteiger partial charge on any atom is -0.310 e. The van der Waals surface area contributed by atoms with Crippen molar-refractivity contribution >= 4 is 0 Å². The number of hydrogen-bond donors (Lipinski definition) is 1. The van der Waals surface area contributed by atoms with Gasteiger partial charge in [0.15, 0.2) is 0 Å². The maximum atomic E-state index is 13.6. The molecule has 1 atom stereocenters. The first-order valence-corrected chi connectivity index (χ1v) is 6.89. The molecule has 1 N–H and O–H groups in total. The Hall–Kier alpha value is -1.74. The standard InChI is InChI=1S/C17H19F2N/c1-13(17-15(18)10-5-11-16(17)19)20-12-6-9-14-7-3-2-4-8-14/h2-5,7-8,10-11,13,20H,6,9,12H2,1H3. The van der Waals surface area contributed by atoms with Crippen LogP contribution in [0.25, 0.3) is 0 Å². The fourth-order valence-electron chi connectivity index (χ4n) is 2.28. The van der Waals surface area contributed by atoms with E-state index in [-0.39, 0.29) is 11.6 Å². The molecule has 2 aromatic carbocycles. The van der Waals surface area contributed by atoms with Crippen LogP contribution in [0.15, 0.2) is 48.5 Å². The minimum atomic E-state index is -0.493. The predicted molar refractivity (Wildman–Crippen MR) is 77.5 cm³/mol. The third kappa shape index (κ3) is 3.87. The fourth-order valence-corrected chi connectivity index (χ4v) is 2.28. The lowest BCUT2D eigenvalue weighted by atomic mass is 10.1. The van der Waals surface area contributed by atoms with Crippen molar-refractivity contribution in [1.82, 2.24) is 5.32 Å². The molecule has 0 saturated carbocycles. The second-order valence-corrected chi connectivity index (χ2v) is 4.90. The van der Waals surface area contributed by atoms with Crippen LogP contribution < -0.4 is 5.32 Å². The average Bonchev–Trinajstić information content (AvgIpc) is 2.44. The second kappa shape index (κ2) is 7.15.